The molecule has 0 radical (unpaired) electrons. The lowest BCUT2D eigenvalue weighted by Crippen LogP contribution is -2.32. The van der Waals surface area contributed by atoms with Crippen LogP contribution >= 0.6 is 0 Å². The third-order valence-electron chi connectivity index (χ3n) is 1.74. The predicted octanol–water partition coefficient (Wildman–Crippen LogP) is 2.10. The molecule has 1 atom stereocenters. The van der Waals surface area contributed by atoms with Gasteiger partial charge in [-0.2, -0.15) is 0 Å². The lowest BCUT2D eigenvalue weighted by atomic mass is 9.79. The Hall–Kier alpha value is -0.790. The number of amides is 1. The summed E-state index contributed by atoms with van der Waals surface area (Å²) in [7, 11) is 0. The highest BCUT2D eigenvalue weighted by atomic mass is 16.1. The summed E-state index contributed by atoms with van der Waals surface area (Å²) in [6.45, 7) is 10.00. The van der Waals surface area contributed by atoms with Crippen molar-refractivity contribution >= 4 is 5.91 Å². The Morgan fingerprint density at radius 1 is 1.33 bits per heavy atom. The van der Waals surface area contributed by atoms with E-state index in [0.29, 0.717) is 0 Å². The molecule has 70 valence electrons. The van der Waals surface area contributed by atoms with Gasteiger partial charge in [0.2, 0.25) is 5.91 Å². The fourth-order valence-electron chi connectivity index (χ4n) is 1.09. The fraction of sp³-hybridized carbons (Fsp3) is 0.700. The summed E-state index contributed by atoms with van der Waals surface area (Å²) < 4.78 is 0. The molecule has 2 nitrogen and oxygen atoms in total. The van der Waals surface area contributed by atoms with Gasteiger partial charge in [-0.1, -0.05) is 32.4 Å². The molecule has 0 spiro atoms. The van der Waals surface area contributed by atoms with Crippen LogP contribution in [0.2, 0.25) is 0 Å². The monoisotopic (exact) mass is 169 g/mol. The van der Waals surface area contributed by atoms with Gasteiger partial charge in [0.05, 0.1) is 5.92 Å². The SMILES string of the molecule is CC(C)=CC(C(N)=O)C(C)(C)C. The van der Waals surface area contributed by atoms with Crippen LogP contribution in [0.25, 0.3) is 0 Å². The molecule has 1 amide bonds. The maximum atomic E-state index is 11.1. The second-order valence-electron chi connectivity index (χ2n) is 4.49. The summed E-state index contributed by atoms with van der Waals surface area (Å²) in [5.74, 6) is -0.411. The molecule has 0 aliphatic heterocycles. The zero-order chi connectivity index (χ0) is 9.94. The number of nitrogens with two attached hydrogens (primary N) is 1. The Morgan fingerprint density at radius 2 is 1.75 bits per heavy atom. The zero-order valence-electron chi connectivity index (χ0n) is 8.64. The van der Waals surface area contributed by atoms with Crippen molar-refractivity contribution in [1.29, 1.82) is 0 Å². The Labute approximate surface area is 74.8 Å². The maximum Gasteiger partial charge on any atom is 0.224 e. The van der Waals surface area contributed by atoms with Crippen LogP contribution in [0.15, 0.2) is 11.6 Å². The quantitative estimate of drug-likeness (QED) is 0.632. The first-order chi connectivity index (χ1) is 5.25. The van der Waals surface area contributed by atoms with Gasteiger partial charge in [0.15, 0.2) is 0 Å². The van der Waals surface area contributed by atoms with Gasteiger partial charge in [-0.3, -0.25) is 4.79 Å². The van der Waals surface area contributed by atoms with Crippen LogP contribution in [0.3, 0.4) is 0 Å². The van der Waals surface area contributed by atoms with Gasteiger partial charge < -0.3 is 5.73 Å². The molecule has 0 saturated heterocycles. The van der Waals surface area contributed by atoms with Crippen molar-refractivity contribution in [1.82, 2.24) is 0 Å². The third kappa shape index (κ3) is 3.56. The Bertz CT molecular complexity index is 194. The van der Waals surface area contributed by atoms with Gasteiger partial charge in [-0.15, -0.1) is 0 Å². The van der Waals surface area contributed by atoms with E-state index in [0.717, 1.165) is 5.57 Å². The number of carbonyl (C=O) groups is 1. The largest absolute Gasteiger partial charge is 0.369 e. The molecule has 0 aromatic carbocycles. The summed E-state index contributed by atoms with van der Waals surface area (Å²) in [6, 6.07) is 0. The van der Waals surface area contributed by atoms with Gasteiger partial charge in [-0.05, 0) is 19.3 Å². The first-order valence-corrected chi connectivity index (χ1v) is 4.19. The Kier molecular flexibility index (Phi) is 3.50. The molecule has 0 aliphatic rings. The minimum atomic E-state index is -0.247. The topological polar surface area (TPSA) is 43.1 Å². The second kappa shape index (κ2) is 3.74. The molecule has 1 unspecified atom stereocenters. The van der Waals surface area contributed by atoms with Gasteiger partial charge in [0.25, 0.3) is 0 Å². The lowest BCUT2D eigenvalue weighted by Gasteiger charge is -2.25. The molecule has 2 N–H and O–H groups in total. The predicted molar refractivity (Wildman–Crippen MR) is 51.6 cm³/mol. The van der Waals surface area contributed by atoms with Crippen molar-refractivity contribution < 1.29 is 4.79 Å². The van der Waals surface area contributed by atoms with E-state index in [1.807, 2.05) is 40.7 Å². The summed E-state index contributed by atoms with van der Waals surface area (Å²) in [6.07, 6.45) is 1.93. The lowest BCUT2D eigenvalue weighted by molar-refractivity contribution is -0.123. The van der Waals surface area contributed by atoms with Gasteiger partial charge in [0.1, 0.15) is 0 Å². The summed E-state index contributed by atoms with van der Waals surface area (Å²) >= 11 is 0. The fourth-order valence-corrected chi connectivity index (χ4v) is 1.09. The molecule has 0 rings (SSSR count). The number of carbonyl (C=O) groups excluding carboxylic acids is 1. The number of primary amides is 1. The van der Waals surface area contributed by atoms with Crippen molar-refractivity contribution in [2.45, 2.75) is 34.6 Å². The van der Waals surface area contributed by atoms with E-state index < -0.39 is 0 Å². The smallest absolute Gasteiger partial charge is 0.224 e. The highest BCUT2D eigenvalue weighted by Gasteiger charge is 2.26. The minimum absolute atomic E-state index is 0.0803. The number of hydrogen-bond donors (Lipinski definition) is 1. The average Bonchev–Trinajstić information content (AvgIpc) is 1.79. The van der Waals surface area contributed by atoms with Crippen molar-refractivity contribution in [2.75, 3.05) is 0 Å². The average molecular weight is 169 g/mol. The van der Waals surface area contributed by atoms with Crippen molar-refractivity contribution in [3.05, 3.63) is 11.6 Å². The van der Waals surface area contributed by atoms with Crippen molar-refractivity contribution in [2.24, 2.45) is 17.1 Å². The van der Waals surface area contributed by atoms with Gasteiger partial charge in [0, 0.05) is 0 Å². The van der Waals surface area contributed by atoms with E-state index in [2.05, 4.69) is 0 Å². The molecule has 0 aromatic heterocycles. The van der Waals surface area contributed by atoms with Crippen LogP contribution in [0.1, 0.15) is 34.6 Å². The zero-order valence-corrected chi connectivity index (χ0v) is 8.64. The first kappa shape index (κ1) is 11.2. The molecule has 2 heteroatoms. The van der Waals surface area contributed by atoms with E-state index >= 15 is 0 Å². The van der Waals surface area contributed by atoms with E-state index in [1.54, 1.807) is 0 Å². The van der Waals surface area contributed by atoms with Crippen LogP contribution in [0.4, 0.5) is 0 Å². The summed E-state index contributed by atoms with van der Waals surface area (Å²) in [5, 5.41) is 0. The molecule has 0 aliphatic carbocycles. The Balaban J connectivity index is 4.70. The van der Waals surface area contributed by atoms with E-state index in [-0.39, 0.29) is 17.2 Å². The third-order valence-corrected chi connectivity index (χ3v) is 1.74. The van der Waals surface area contributed by atoms with Crippen LogP contribution in [0, 0.1) is 11.3 Å². The maximum absolute atomic E-state index is 11.1. The van der Waals surface area contributed by atoms with Crippen LogP contribution in [-0.2, 0) is 4.79 Å². The standard InChI is InChI=1S/C10H19NO/c1-7(2)6-8(9(11)12)10(3,4)5/h6,8H,1-5H3,(H2,11,12). The molecule has 0 aromatic rings. The number of rotatable bonds is 2. The van der Waals surface area contributed by atoms with E-state index in [1.165, 1.54) is 0 Å². The summed E-state index contributed by atoms with van der Waals surface area (Å²) in [5.41, 5.74) is 6.34. The molecule has 0 fully saturated rings. The van der Waals surface area contributed by atoms with Crippen molar-refractivity contribution in [3.8, 4) is 0 Å². The van der Waals surface area contributed by atoms with E-state index in [9.17, 15) is 4.79 Å². The molecule has 0 saturated carbocycles. The van der Waals surface area contributed by atoms with Gasteiger partial charge >= 0.3 is 0 Å². The molecular weight excluding hydrogens is 150 g/mol. The Morgan fingerprint density at radius 3 is 1.83 bits per heavy atom. The van der Waals surface area contributed by atoms with Crippen LogP contribution in [-0.4, -0.2) is 5.91 Å². The second-order valence-corrected chi connectivity index (χ2v) is 4.49. The first-order valence-electron chi connectivity index (χ1n) is 4.19. The van der Waals surface area contributed by atoms with Crippen molar-refractivity contribution in [3.63, 3.8) is 0 Å². The minimum Gasteiger partial charge on any atom is -0.369 e. The number of hydrogen-bond acceptors (Lipinski definition) is 1. The molecule has 0 bridgehead atoms. The highest BCUT2D eigenvalue weighted by Crippen LogP contribution is 2.27. The van der Waals surface area contributed by atoms with Crippen LogP contribution < -0.4 is 5.73 Å². The number of allylic oxidation sites excluding steroid dienone is 1. The normalized spacial score (nSPS) is 13.8. The molecule has 12 heavy (non-hydrogen) atoms. The molecular formula is C10H19NO. The summed E-state index contributed by atoms with van der Waals surface area (Å²) in [4.78, 5) is 11.1. The van der Waals surface area contributed by atoms with E-state index in [4.69, 9.17) is 5.73 Å². The van der Waals surface area contributed by atoms with Gasteiger partial charge in [-0.25, -0.2) is 0 Å². The highest BCUT2D eigenvalue weighted by molar-refractivity contribution is 5.79. The van der Waals surface area contributed by atoms with Crippen LogP contribution in [0.5, 0.6) is 0 Å². The molecule has 0 heterocycles.